The molecule has 0 bridgehead atoms. The first kappa shape index (κ1) is 15.5. The van der Waals surface area contributed by atoms with E-state index in [1.807, 2.05) is 0 Å². The molecule has 1 aliphatic rings. The summed E-state index contributed by atoms with van der Waals surface area (Å²) >= 11 is 0. The molecular formula is C18H30N2. The Hall–Kier alpha value is -0.860. The van der Waals surface area contributed by atoms with Crippen LogP contribution >= 0.6 is 0 Å². The van der Waals surface area contributed by atoms with Gasteiger partial charge in [0.15, 0.2) is 0 Å². The highest BCUT2D eigenvalue weighted by Crippen LogP contribution is 2.26. The summed E-state index contributed by atoms with van der Waals surface area (Å²) in [6.07, 6.45) is 4.06. The van der Waals surface area contributed by atoms with Gasteiger partial charge in [-0.3, -0.25) is 4.90 Å². The molecule has 20 heavy (non-hydrogen) atoms. The minimum absolute atomic E-state index is 0.427. The molecule has 1 aliphatic heterocycles. The van der Waals surface area contributed by atoms with Crippen LogP contribution in [0.25, 0.3) is 0 Å². The molecule has 2 rings (SSSR count). The Morgan fingerprint density at radius 1 is 1.10 bits per heavy atom. The molecule has 0 spiro atoms. The molecule has 1 heterocycles. The Morgan fingerprint density at radius 2 is 1.65 bits per heavy atom. The normalized spacial score (nSPS) is 25.6. The molecule has 1 N–H and O–H groups in total. The van der Waals surface area contributed by atoms with Crippen molar-refractivity contribution in [1.82, 2.24) is 10.2 Å². The molecule has 1 unspecified atom stereocenters. The van der Waals surface area contributed by atoms with Crippen molar-refractivity contribution < 1.29 is 0 Å². The summed E-state index contributed by atoms with van der Waals surface area (Å²) in [4.78, 5) is 2.68. The zero-order valence-electron chi connectivity index (χ0n) is 13.7. The van der Waals surface area contributed by atoms with Crippen molar-refractivity contribution >= 4 is 0 Å². The van der Waals surface area contributed by atoms with E-state index >= 15 is 0 Å². The van der Waals surface area contributed by atoms with Gasteiger partial charge in [-0.1, -0.05) is 35.7 Å². The summed E-state index contributed by atoms with van der Waals surface area (Å²) in [5.74, 6) is 0. The van der Waals surface area contributed by atoms with Crippen LogP contribution in [0.15, 0.2) is 18.2 Å². The lowest BCUT2D eigenvalue weighted by Gasteiger charge is -2.41. The summed E-state index contributed by atoms with van der Waals surface area (Å²) in [6, 6.07) is 8.75. The first-order chi connectivity index (χ1) is 9.51. The smallest absolute Gasteiger partial charge is 0.0447 e. The predicted molar refractivity (Wildman–Crippen MR) is 87.2 cm³/mol. The molecule has 2 nitrogen and oxygen atoms in total. The molecule has 1 fully saturated rings. The van der Waals surface area contributed by atoms with Crippen molar-refractivity contribution in [2.24, 2.45) is 0 Å². The zero-order valence-corrected chi connectivity index (χ0v) is 13.7. The first-order valence-corrected chi connectivity index (χ1v) is 8.02. The largest absolute Gasteiger partial charge is 0.312 e. The maximum atomic E-state index is 3.52. The third-order valence-electron chi connectivity index (χ3n) is 4.76. The van der Waals surface area contributed by atoms with Gasteiger partial charge in [0.1, 0.15) is 0 Å². The molecule has 2 heteroatoms. The topological polar surface area (TPSA) is 15.3 Å². The van der Waals surface area contributed by atoms with Crippen molar-refractivity contribution in [1.29, 1.82) is 0 Å². The fourth-order valence-electron chi connectivity index (χ4n) is 3.62. The lowest BCUT2D eigenvalue weighted by Crippen LogP contribution is -2.47. The van der Waals surface area contributed by atoms with Crippen LogP contribution in [0.3, 0.4) is 0 Å². The highest BCUT2D eigenvalue weighted by molar-refractivity contribution is 5.31. The highest BCUT2D eigenvalue weighted by Gasteiger charge is 2.27. The van der Waals surface area contributed by atoms with Crippen molar-refractivity contribution in [2.45, 2.75) is 65.1 Å². The lowest BCUT2D eigenvalue weighted by molar-refractivity contribution is 0.0920. The molecule has 0 amide bonds. The molecule has 1 aromatic rings. The Kier molecular flexibility index (Phi) is 5.22. The van der Waals surface area contributed by atoms with Crippen molar-refractivity contribution in [3.8, 4) is 0 Å². The molecule has 112 valence electrons. The average molecular weight is 274 g/mol. The van der Waals surface area contributed by atoms with Gasteiger partial charge in [0.05, 0.1) is 0 Å². The van der Waals surface area contributed by atoms with Crippen molar-refractivity contribution in [3.05, 3.63) is 34.9 Å². The number of nitrogens with one attached hydrogen (secondary N) is 1. The number of piperidine rings is 1. The van der Waals surface area contributed by atoms with E-state index in [2.05, 4.69) is 63.2 Å². The third kappa shape index (κ3) is 3.62. The van der Waals surface area contributed by atoms with E-state index in [1.54, 1.807) is 0 Å². The molecule has 3 atom stereocenters. The van der Waals surface area contributed by atoms with Crippen LogP contribution in [-0.2, 0) is 0 Å². The van der Waals surface area contributed by atoms with Gasteiger partial charge in [0, 0.05) is 24.7 Å². The number of likely N-dealkylation sites (tertiary alicyclic amines) is 1. The van der Waals surface area contributed by atoms with Gasteiger partial charge < -0.3 is 5.32 Å². The van der Waals surface area contributed by atoms with E-state index in [4.69, 9.17) is 0 Å². The van der Waals surface area contributed by atoms with Gasteiger partial charge in [0.2, 0.25) is 0 Å². The van der Waals surface area contributed by atoms with Gasteiger partial charge in [-0.2, -0.15) is 0 Å². The summed E-state index contributed by atoms with van der Waals surface area (Å²) < 4.78 is 0. The van der Waals surface area contributed by atoms with Crippen LogP contribution < -0.4 is 5.32 Å². The van der Waals surface area contributed by atoms with E-state index in [0.29, 0.717) is 18.1 Å². The number of rotatable bonds is 4. The monoisotopic (exact) mass is 274 g/mol. The van der Waals surface area contributed by atoms with E-state index in [1.165, 1.54) is 36.0 Å². The highest BCUT2D eigenvalue weighted by atomic mass is 15.2. The number of benzene rings is 1. The SMILES string of the molecule is CNC(CN1[C@H](C)CCC[C@@H]1C)c1cc(C)cc(C)c1. The van der Waals surface area contributed by atoms with E-state index in [-0.39, 0.29) is 0 Å². The third-order valence-corrected chi connectivity index (χ3v) is 4.76. The van der Waals surface area contributed by atoms with Crippen LogP contribution in [-0.4, -0.2) is 30.6 Å². The standard InChI is InChI=1S/C18H30N2/c1-13-9-14(2)11-17(10-13)18(19-5)12-20-15(3)7-6-8-16(20)4/h9-11,15-16,18-19H,6-8,12H2,1-5H3/t15-,16+,18?. The number of nitrogens with zero attached hydrogens (tertiary/aromatic N) is 1. The fourth-order valence-corrected chi connectivity index (χ4v) is 3.62. The quantitative estimate of drug-likeness (QED) is 0.897. The van der Waals surface area contributed by atoms with Gasteiger partial charge in [-0.05, 0) is 53.1 Å². The van der Waals surface area contributed by atoms with Crippen molar-refractivity contribution in [2.75, 3.05) is 13.6 Å². The number of hydrogen-bond acceptors (Lipinski definition) is 2. The Bertz CT molecular complexity index is 411. The lowest BCUT2D eigenvalue weighted by atomic mass is 9.95. The average Bonchev–Trinajstić information content (AvgIpc) is 2.37. The van der Waals surface area contributed by atoms with Gasteiger partial charge in [0.25, 0.3) is 0 Å². The van der Waals surface area contributed by atoms with E-state index in [0.717, 1.165) is 6.54 Å². The Morgan fingerprint density at radius 3 is 2.15 bits per heavy atom. The number of aryl methyl sites for hydroxylation is 2. The van der Waals surface area contributed by atoms with Crippen LogP contribution in [0, 0.1) is 13.8 Å². The number of hydrogen-bond donors (Lipinski definition) is 1. The Labute approximate surface area is 124 Å². The van der Waals surface area contributed by atoms with Gasteiger partial charge >= 0.3 is 0 Å². The summed E-state index contributed by atoms with van der Waals surface area (Å²) in [5, 5.41) is 3.52. The van der Waals surface area contributed by atoms with Crippen molar-refractivity contribution in [3.63, 3.8) is 0 Å². The molecule has 0 aromatic heterocycles. The second-order valence-corrected chi connectivity index (χ2v) is 6.59. The fraction of sp³-hybridized carbons (Fsp3) is 0.667. The minimum atomic E-state index is 0.427. The zero-order chi connectivity index (χ0) is 14.7. The summed E-state index contributed by atoms with van der Waals surface area (Å²) in [6.45, 7) is 10.3. The maximum Gasteiger partial charge on any atom is 0.0447 e. The Balaban J connectivity index is 2.15. The molecule has 0 aliphatic carbocycles. The predicted octanol–water partition coefficient (Wildman–Crippen LogP) is 3.83. The van der Waals surface area contributed by atoms with E-state index < -0.39 is 0 Å². The summed E-state index contributed by atoms with van der Waals surface area (Å²) in [7, 11) is 2.08. The van der Waals surface area contributed by atoms with Crippen LogP contribution in [0.5, 0.6) is 0 Å². The molecule has 0 saturated carbocycles. The van der Waals surface area contributed by atoms with Crippen LogP contribution in [0.2, 0.25) is 0 Å². The molecular weight excluding hydrogens is 244 g/mol. The van der Waals surface area contributed by atoms with E-state index in [9.17, 15) is 0 Å². The van der Waals surface area contributed by atoms with Gasteiger partial charge in [-0.25, -0.2) is 0 Å². The van der Waals surface area contributed by atoms with Crippen LogP contribution in [0.1, 0.15) is 55.8 Å². The first-order valence-electron chi connectivity index (χ1n) is 8.02. The summed E-state index contributed by atoms with van der Waals surface area (Å²) in [5.41, 5.74) is 4.15. The molecule has 0 radical (unpaired) electrons. The minimum Gasteiger partial charge on any atom is -0.312 e. The van der Waals surface area contributed by atoms with Gasteiger partial charge in [-0.15, -0.1) is 0 Å². The second-order valence-electron chi connectivity index (χ2n) is 6.59. The molecule has 1 aromatic carbocycles. The molecule has 1 saturated heterocycles. The second kappa shape index (κ2) is 6.73. The number of likely N-dealkylation sites (N-methyl/N-ethyl adjacent to an activating group) is 1. The maximum absolute atomic E-state index is 3.52. The van der Waals surface area contributed by atoms with Crippen LogP contribution in [0.4, 0.5) is 0 Å².